The molecule has 0 aliphatic rings. The van der Waals surface area contributed by atoms with Gasteiger partial charge in [0.15, 0.2) is 0 Å². The summed E-state index contributed by atoms with van der Waals surface area (Å²) in [5.74, 6) is 0.538. The van der Waals surface area contributed by atoms with E-state index in [9.17, 15) is 0 Å². The highest BCUT2D eigenvalue weighted by Crippen LogP contribution is 2.26. The fourth-order valence-corrected chi connectivity index (χ4v) is 2.21. The summed E-state index contributed by atoms with van der Waals surface area (Å²) in [5, 5.41) is 1.22. The van der Waals surface area contributed by atoms with E-state index in [2.05, 4.69) is 36.8 Å². The van der Waals surface area contributed by atoms with Crippen molar-refractivity contribution in [3.05, 3.63) is 16.8 Å². The van der Waals surface area contributed by atoms with Gasteiger partial charge in [-0.1, -0.05) is 13.8 Å². The molecule has 2 nitrogen and oxygen atoms in total. The van der Waals surface area contributed by atoms with Crippen LogP contribution < -0.4 is 0 Å². The molecule has 0 spiro atoms. The van der Waals surface area contributed by atoms with Crippen LogP contribution in [-0.4, -0.2) is 9.97 Å². The first kappa shape index (κ1) is 7.80. The topological polar surface area (TPSA) is 28.7 Å². The average Bonchev–Trinajstić information content (AvgIpc) is 2.42. The zero-order chi connectivity index (χ0) is 8.72. The SMILES string of the molecule is Cc1cc2nc(C(C)C)sc2[nH]1. The van der Waals surface area contributed by atoms with Crippen LogP contribution >= 0.6 is 11.3 Å². The Morgan fingerprint density at radius 2 is 2.25 bits per heavy atom. The van der Waals surface area contributed by atoms with E-state index in [0.29, 0.717) is 5.92 Å². The van der Waals surface area contributed by atoms with Gasteiger partial charge in [0.1, 0.15) is 4.83 Å². The van der Waals surface area contributed by atoms with E-state index >= 15 is 0 Å². The number of nitrogens with zero attached hydrogens (tertiary/aromatic N) is 1. The standard InChI is InChI=1S/C9H12N2S/c1-5(2)8-11-7-4-6(3)10-9(7)12-8/h4-5,10H,1-3H3. The summed E-state index contributed by atoms with van der Waals surface area (Å²) in [4.78, 5) is 9.01. The molecule has 2 aromatic heterocycles. The van der Waals surface area contributed by atoms with Gasteiger partial charge < -0.3 is 4.98 Å². The minimum atomic E-state index is 0.538. The van der Waals surface area contributed by atoms with Crippen molar-refractivity contribution < 1.29 is 0 Å². The minimum Gasteiger partial charge on any atom is -0.349 e. The van der Waals surface area contributed by atoms with E-state index in [1.54, 1.807) is 11.3 Å². The third kappa shape index (κ3) is 1.14. The molecule has 2 rings (SSSR count). The summed E-state index contributed by atoms with van der Waals surface area (Å²) < 4.78 is 0. The third-order valence-corrected chi connectivity index (χ3v) is 3.11. The average molecular weight is 180 g/mol. The predicted octanol–water partition coefficient (Wildman–Crippen LogP) is 3.06. The maximum atomic E-state index is 4.52. The second-order valence-electron chi connectivity index (χ2n) is 3.37. The molecule has 0 radical (unpaired) electrons. The van der Waals surface area contributed by atoms with Crippen LogP contribution in [0.5, 0.6) is 0 Å². The molecule has 0 aromatic carbocycles. The van der Waals surface area contributed by atoms with E-state index < -0.39 is 0 Å². The van der Waals surface area contributed by atoms with Crippen LogP contribution in [-0.2, 0) is 0 Å². The molecule has 1 N–H and O–H groups in total. The number of H-pyrrole nitrogens is 1. The Hall–Kier alpha value is -0.830. The fourth-order valence-electron chi connectivity index (χ4n) is 1.20. The van der Waals surface area contributed by atoms with Crippen molar-refractivity contribution in [1.82, 2.24) is 9.97 Å². The van der Waals surface area contributed by atoms with Crippen LogP contribution in [0, 0.1) is 6.92 Å². The summed E-state index contributed by atoms with van der Waals surface area (Å²) in [5.41, 5.74) is 2.31. The van der Waals surface area contributed by atoms with Crippen molar-refractivity contribution in [2.24, 2.45) is 0 Å². The van der Waals surface area contributed by atoms with Crippen LogP contribution in [0.15, 0.2) is 6.07 Å². The number of hydrogen-bond acceptors (Lipinski definition) is 2. The Morgan fingerprint density at radius 3 is 2.83 bits per heavy atom. The van der Waals surface area contributed by atoms with Gasteiger partial charge in [-0.2, -0.15) is 0 Å². The Bertz CT molecular complexity index is 366. The predicted molar refractivity (Wildman–Crippen MR) is 52.8 cm³/mol. The van der Waals surface area contributed by atoms with Crippen LogP contribution in [0.3, 0.4) is 0 Å². The molecule has 0 aliphatic carbocycles. The first-order chi connectivity index (χ1) is 5.66. The quantitative estimate of drug-likeness (QED) is 0.718. The fraction of sp³-hybridized carbons (Fsp3) is 0.444. The highest BCUT2D eigenvalue weighted by molar-refractivity contribution is 7.18. The van der Waals surface area contributed by atoms with Gasteiger partial charge in [0.2, 0.25) is 0 Å². The third-order valence-electron chi connectivity index (χ3n) is 1.83. The highest BCUT2D eigenvalue weighted by atomic mass is 32.1. The number of hydrogen-bond donors (Lipinski definition) is 1. The lowest BCUT2D eigenvalue weighted by Gasteiger charge is -1.94. The molecule has 2 heterocycles. The molecule has 0 atom stereocenters. The van der Waals surface area contributed by atoms with Crippen LogP contribution in [0.4, 0.5) is 0 Å². The monoisotopic (exact) mass is 180 g/mol. The molecule has 64 valence electrons. The lowest BCUT2D eigenvalue weighted by Crippen LogP contribution is -1.83. The Morgan fingerprint density at radius 1 is 1.50 bits per heavy atom. The van der Waals surface area contributed by atoms with Gasteiger partial charge in [-0.3, -0.25) is 0 Å². The molecule has 0 bridgehead atoms. The van der Waals surface area contributed by atoms with Crippen LogP contribution in [0.1, 0.15) is 30.5 Å². The number of thiazole rings is 1. The number of fused-ring (bicyclic) bond motifs is 1. The Balaban J connectivity index is 2.57. The van der Waals surface area contributed by atoms with Gasteiger partial charge in [0.25, 0.3) is 0 Å². The zero-order valence-corrected chi connectivity index (χ0v) is 8.33. The molecular weight excluding hydrogens is 168 g/mol. The van der Waals surface area contributed by atoms with Crippen molar-refractivity contribution in [1.29, 1.82) is 0 Å². The molecule has 0 saturated heterocycles. The second kappa shape index (κ2) is 2.59. The number of rotatable bonds is 1. The molecule has 0 fully saturated rings. The van der Waals surface area contributed by atoms with Crippen molar-refractivity contribution in [3.8, 4) is 0 Å². The summed E-state index contributed by atoms with van der Waals surface area (Å²) in [6.45, 7) is 6.40. The maximum Gasteiger partial charge on any atom is 0.120 e. The summed E-state index contributed by atoms with van der Waals surface area (Å²) in [7, 11) is 0. The van der Waals surface area contributed by atoms with Gasteiger partial charge in [0, 0.05) is 11.6 Å². The molecule has 2 aromatic rings. The zero-order valence-electron chi connectivity index (χ0n) is 7.51. The molecule has 12 heavy (non-hydrogen) atoms. The van der Waals surface area contributed by atoms with E-state index in [0.717, 1.165) is 5.52 Å². The normalized spacial score (nSPS) is 11.7. The summed E-state index contributed by atoms with van der Waals surface area (Å²) in [6.07, 6.45) is 0. The first-order valence-corrected chi connectivity index (χ1v) is 4.94. The Labute approximate surface area is 75.6 Å². The van der Waals surface area contributed by atoms with Crippen molar-refractivity contribution in [2.45, 2.75) is 26.7 Å². The number of aryl methyl sites for hydroxylation is 1. The van der Waals surface area contributed by atoms with E-state index in [-0.39, 0.29) is 0 Å². The lowest BCUT2D eigenvalue weighted by molar-refractivity contribution is 0.857. The molecule has 0 aliphatic heterocycles. The molecule has 0 unspecified atom stereocenters. The van der Waals surface area contributed by atoms with Gasteiger partial charge in [-0.15, -0.1) is 11.3 Å². The molecule has 0 amide bonds. The largest absolute Gasteiger partial charge is 0.349 e. The van der Waals surface area contributed by atoms with Crippen molar-refractivity contribution in [3.63, 3.8) is 0 Å². The molecule has 3 heteroatoms. The highest BCUT2D eigenvalue weighted by Gasteiger charge is 2.08. The van der Waals surface area contributed by atoms with Gasteiger partial charge in [-0.25, -0.2) is 4.98 Å². The maximum absolute atomic E-state index is 4.52. The van der Waals surface area contributed by atoms with E-state index in [1.807, 2.05) is 0 Å². The molecule has 0 saturated carbocycles. The molecular formula is C9H12N2S. The number of aromatic nitrogens is 2. The van der Waals surface area contributed by atoms with E-state index in [1.165, 1.54) is 15.5 Å². The van der Waals surface area contributed by atoms with Crippen molar-refractivity contribution >= 4 is 21.7 Å². The second-order valence-corrected chi connectivity index (χ2v) is 4.40. The van der Waals surface area contributed by atoms with Crippen LogP contribution in [0.2, 0.25) is 0 Å². The minimum absolute atomic E-state index is 0.538. The number of nitrogens with one attached hydrogen (secondary N) is 1. The summed E-state index contributed by atoms with van der Waals surface area (Å²) >= 11 is 1.76. The Kier molecular flexibility index (Phi) is 1.68. The van der Waals surface area contributed by atoms with E-state index in [4.69, 9.17) is 0 Å². The first-order valence-electron chi connectivity index (χ1n) is 4.13. The van der Waals surface area contributed by atoms with Crippen molar-refractivity contribution in [2.75, 3.05) is 0 Å². The van der Waals surface area contributed by atoms with Crippen LogP contribution in [0.25, 0.3) is 10.3 Å². The van der Waals surface area contributed by atoms with Gasteiger partial charge >= 0.3 is 0 Å². The smallest absolute Gasteiger partial charge is 0.120 e. The number of aromatic amines is 1. The van der Waals surface area contributed by atoms with Gasteiger partial charge in [0.05, 0.1) is 10.5 Å². The van der Waals surface area contributed by atoms with Gasteiger partial charge in [-0.05, 0) is 13.0 Å². The summed E-state index contributed by atoms with van der Waals surface area (Å²) in [6, 6.07) is 2.09. The lowest BCUT2D eigenvalue weighted by atomic mass is 10.2.